The summed E-state index contributed by atoms with van der Waals surface area (Å²) >= 11 is 1.61. The highest BCUT2D eigenvalue weighted by molar-refractivity contribution is 7.08. The molecular weight excluding hydrogens is 388 g/mol. The molecule has 0 fully saturated rings. The van der Waals surface area contributed by atoms with Gasteiger partial charge in [-0.15, -0.1) is 0 Å². The molecule has 0 saturated carbocycles. The van der Waals surface area contributed by atoms with Crippen LogP contribution in [0.2, 0.25) is 0 Å². The minimum Gasteiger partial charge on any atom is -0.352 e. The number of benzene rings is 1. The molecule has 3 N–H and O–H groups in total. The second-order valence-electron chi connectivity index (χ2n) is 6.59. The van der Waals surface area contributed by atoms with Crippen molar-refractivity contribution in [3.05, 3.63) is 75.4 Å². The van der Waals surface area contributed by atoms with Gasteiger partial charge in [0.05, 0.1) is 23.1 Å². The minimum absolute atomic E-state index is 0.216. The molecule has 1 amide bonds. The van der Waals surface area contributed by atoms with Gasteiger partial charge in [-0.3, -0.25) is 4.79 Å². The smallest absolute Gasteiger partial charge is 0.348 e. The number of hydrogen-bond acceptors (Lipinski definition) is 5. The third-order valence-corrected chi connectivity index (χ3v) is 5.50. The van der Waals surface area contributed by atoms with E-state index in [1.807, 2.05) is 35.0 Å². The first kappa shape index (κ1) is 17.4. The molecule has 29 heavy (non-hydrogen) atoms. The number of H-pyrrole nitrogens is 2. The van der Waals surface area contributed by atoms with Gasteiger partial charge in [0.2, 0.25) is 0 Å². The van der Waals surface area contributed by atoms with Crippen LogP contribution in [-0.4, -0.2) is 37.0 Å². The molecule has 0 spiro atoms. The summed E-state index contributed by atoms with van der Waals surface area (Å²) in [5.74, 6) is -0.216. The number of nitrogens with zero attached hydrogens (tertiary/aromatic N) is 3. The summed E-state index contributed by atoms with van der Waals surface area (Å²) in [7, 11) is 0. The Kier molecular flexibility index (Phi) is 4.21. The third kappa shape index (κ3) is 3.11. The van der Waals surface area contributed by atoms with E-state index in [1.165, 1.54) is 4.40 Å². The number of rotatable bonds is 5. The van der Waals surface area contributed by atoms with Gasteiger partial charge in [0.1, 0.15) is 0 Å². The Hall–Kier alpha value is -3.72. The summed E-state index contributed by atoms with van der Waals surface area (Å²) in [4.78, 5) is 32.3. The molecule has 4 aromatic heterocycles. The second-order valence-corrected chi connectivity index (χ2v) is 7.37. The van der Waals surface area contributed by atoms with Gasteiger partial charge < -0.3 is 10.3 Å². The Morgan fingerprint density at radius 2 is 2.14 bits per heavy atom. The maximum atomic E-state index is 12.9. The van der Waals surface area contributed by atoms with E-state index in [2.05, 4.69) is 25.5 Å². The highest BCUT2D eigenvalue weighted by atomic mass is 32.1. The molecule has 1 aromatic carbocycles. The lowest BCUT2D eigenvalue weighted by Crippen LogP contribution is -2.26. The van der Waals surface area contributed by atoms with Crippen LogP contribution in [0.25, 0.3) is 27.7 Å². The van der Waals surface area contributed by atoms with E-state index in [0.717, 1.165) is 16.8 Å². The van der Waals surface area contributed by atoms with Gasteiger partial charge in [0.15, 0.2) is 5.65 Å². The lowest BCUT2D eigenvalue weighted by molar-refractivity contribution is 0.0955. The lowest BCUT2D eigenvalue weighted by atomic mass is 10.0. The van der Waals surface area contributed by atoms with E-state index in [9.17, 15) is 9.59 Å². The first-order chi connectivity index (χ1) is 14.2. The molecule has 0 bridgehead atoms. The molecule has 0 atom stereocenters. The molecule has 0 aliphatic heterocycles. The molecule has 0 radical (unpaired) electrons. The fourth-order valence-corrected chi connectivity index (χ4v) is 4.08. The van der Waals surface area contributed by atoms with Crippen LogP contribution in [0.5, 0.6) is 0 Å². The molecule has 5 rings (SSSR count). The van der Waals surface area contributed by atoms with Crippen molar-refractivity contribution in [1.29, 1.82) is 0 Å². The number of aromatic nitrogens is 5. The first-order valence-electron chi connectivity index (χ1n) is 9.03. The van der Waals surface area contributed by atoms with Gasteiger partial charge in [-0.05, 0) is 40.1 Å². The van der Waals surface area contributed by atoms with Gasteiger partial charge in [-0.2, -0.15) is 16.4 Å². The van der Waals surface area contributed by atoms with Crippen LogP contribution < -0.4 is 11.0 Å². The van der Waals surface area contributed by atoms with E-state index in [0.29, 0.717) is 35.1 Å². The Morgan fingerprint density at radius 3 is 2.93 bits per heavy atom. The number of hydrogen-bond donors (Lipinski definition) is 3. The summed E-state index contributed by atoms with van der Waals surface area (Å²) in [5.41, 5.74) is 4.11. The standard InChI is InChI=1S/C20H16N6O2S/c27-19(22-5-3-14-9-21-11-23-14)16-8-18-24-25-20(28)26(18)17-7-12(1-2-15(16)17)13-4-6-29-10-13/h1-2,4,6-11H,3,5H2,(H,21,23)(H,22,27)(H,25,28). The van der Waals surface area contributed by atoms with Crippen LogP contribution in [-0.2, 0) is 6.42 Å². The quantitative estimate of drug-likeness (QED) is 0.418. The Labute approximate surface area is 168 Å². The number of pyridine rings is 1. The normalized spacial score (nSPS) is 11.3. The first-order valence-corrected chi connectivity index (χ1v) is 9.97. The van der Waals surface area contributed by atoms with Crippen molar-refractivity contribution in [3.8, 4) is 11.1 Å². The van der Waals surface area contributed by atoms with Crippen molar-refractivity contribution in [2.24, 2.45) is 0 Å². The molecule has 0 aliphatic rings. The summed E-state index contributed by atoms with van der Waals surface area (Å²) in [6.07, 6.45) is 4.04. The average Bonchev–Trinajstić information content (AvgIpc) is 3.49. The average molecular weight is 404 g/mol. The van der Waals surface area contributed by atoms with Crippen molar-refractivity contribution in [1.82, 2.24) is 29.9 Å². The highest BCUT2D eigenvalue weighted by Gasteiger charge is 2.16. The molecule has 0 saturated heterocycles. The fourth-order valence-electron chi connectivity index (χ4n) is 3.41. The van der Waals surface area contributed by atoms with Crippen molar-refractivity contribution in [2.75, 3.05) is 6.54 Å². The fraction of sp³-hybridized carbons (Fsp3) is 0.100. The number of fused-ring (bicyclic) bond motifs is 3. The van der Waals surface area contributed by atoms with Crippen molar-refractivity contribution < 1.29 is 4.79 Å². The summed E-state index contributed by atoms with van der Waals surface area (Å²) in [5, 5.41) is 14.2. The second kappa shape index (κ2) is 7.02. The number of amides is 1. The Balaban J connectivity index is 1.57. The number of thiophene rings is 1. The zero-order chi connectivity index (χ0) is 19.8. The maximum Gasteiger partial charge on any atom is 0.348 e. The molecule has 9 heteroatoms. The molecule has 4 heterocycles. The summed E-state index contributed by atoms with van der Waals surface area (Å²) < 4.78 is 1.49. The maximum absolute atomic E-state index is 12.9. The largest absolute Gasteiger partial charge is 0.352 e. The minimum atomic E-state index is -0.335. The van der Waals surface area contributed by atoms with Gasteiger partial charge in [0.25, 0.3) is 5.91 Å². The van der Waals surface area contributed by atoms with E-state index in [4.69, 9.17) is 0 Å². The molecule has 144 valence electrons. The van der Waals surface area contributed by atoms with E-state index in [-0.39, 0.29) is 11.6 Å². The molecule has 5 aromatic rings. The van der Waals surface area contributed by atoms with Gasteiger partial charge in [0, 0.05) is 24.5 Å². The molecule has 8 nitrogen and oxygen atoms in total. The van der Waals surface area contributed by atoms with Crippen LogP contribution in [0.3, 0.4) is 0 Å². The topological polar surface area (TPSA) is 108 Å². The predicted octanol–water partition coefficient (Wildman–Crippen LogP) is 2.60. The van der Waals surface area contributed by atoms with Crippen LogP contribution >= 0.6 is 11.3 Å². The molecular formula is C20H16N6O2S. The van der Waals surface area contributed by atoms with Crippen molar-refractivity contribution >= 4 is 33.8 Å². The van der Waals surface area contributed by atoms with Gasteiger partial charge in [-0.25, -0.2) is 19.3 Å². The Bertz CT molecular complexity index is 1370. The monoisotopic (exact) mass is 404 g/mol. The number of imidazole rings is 1. The highest BCUT2D eigenvalue weighted by Crippen LogP contribution is 2.28. The third-order valence-electron chi connectivity index (χ3n) is 4.82. The Morgan fingerprint density at radius 1 is 1.21 bits per heavy atom. The van der Waals surface area contributed by atoms with Gasteiger partial charge in [-0.1, -0.05) is 12.1 Å². The summed E-state index contributed by atoms with van der Waals surface area (Å²) in [6.45, 7) is 0.455. The van der Waals surface area contributed by atoms with Crippen LogP contribution in [0.15, 0.2) is 58.4 Å². The van der Waals surface area contributed by atoms with Crippen LogP contribution in [0.1, 0.15) is 16.1 Å². The zero-order valence-electron chi connectivity index (χ0n) is 15.2. The SMILES string of the molecule is O=C(NCCc1c[nH]cn1)c1cc2n[nH]c(=O)n2c2cc(-c3ccsc3)ccc12. The van der Waals surface area contributed by atoms with E-state index in [1.54, 1.807) is 29.9 Å². The number of nitrogens with one attached hydrogen (secondary N) is 3. The number of carbonyl (C=O) groups excluding carboxylic acids is 1. The van der Waals surface area contributed by atoms with Crippen LogP contribution in [0, 0.1) is 0 Å². The van der Waals surface area contributed by atoms with Crippen molar-refractivity contribution in [2.45, 2.75) is 6.42 Å². The van der Waals surface area contributed by atoms with Crippen LogP contribution in [0.4, 0.5) is 0 Å². The summed E-state index contributed by atoms with van der Waals surface area (Å²) in [6, 6.07) is 9.41. The predicted molar refractivity (Wildman–Crippen MR) is 111 cm³/mol. The van der Waals surface area contributed by atoms with Crippen molar-refractivity contribution in [3.63, 3.8) is 0 Å². The lowest BCUT2D eigenvalue weighted by Gasteiger charge is -2.10. The number of aromatic amines is 2. The van der Waals surface area contributed by atoms with E-state index < -0.39 is 0 Å². The molecule has 0 unspecified atom stereocenters. The zero-order valence-corrected chi connectivity index (χ0v) is 16.0. The number of carbonyl (C=O) groups is 1. The van der Waals surface area contributed by atoms with Gasteiger partial charge >= 0.3 is 5.69 Å². The van der Waals surface area contributed by atoms with E-state index >= 15 is 0 Å². The molecule has 0 aliphatic carbocycles.